The fraction of sp³-hybridized carbons (Fsp3) is 0.560. The Kier molecular flexibility index (Phi) is 18.6. The Balaban J connectivity index is 0.000000668. The molecule has 0 atom stereocenters. The Morgan fingerprint density at radius 1 is 0.906 bits per heavy atom. The summed E-state index contributed by atoms with van der Waals surface area (Å²) in [5, 5.41) is 7.00. The third kappa shape index (κ3) is 14.4. The third-order valence-electron chi connectivity index (χ3n) is 4.98. The van der Waals surface area contributed by atoms with Gasteiger partial charge < -0.3 is 28.9 Å². The molecule has 1 aromatic rings. The van der Waals surface area contributed by atoms with Crippen molar-refractivity contribution in [3.63, 3.8) is 0 Å². The van der Waals surface area contributed by atoms with Crippen LogP contribution in [0.2, 0.25) is 0 Å². The Bertz CT molecular complexity index is 604. The van der Waals surface area contributed by atoms with Gasteiger partial charge in [0.15, 0.2) is 0 Å². The Morgan fingerprint density at radius 3 is 1.81 bits per heavy atom. The first kappa shape index (κ1) is 29.3. The average molecular weight is 451 g/mol. The smallest absolute Gasteiger partial charge is 0.330 e. The predicted molar refractivity (Wildman–Crippen MR) is 124 cm³/mol. The van der Waals surface area contributed by atoms with Crippen LogP contribution in [0.15, 0.2) is 36.9 Å². The van der Waals surface area contributed by atoms with Crippen LogP contribution in [0.4, 0.5) is 0 Å². The molecule has 1 N–H and O–H groups in total. The summed E-state index contributed by atoms with van der Waals surface area (Å²) in [4.78, 5) is 31.3. The minimum Gasteiger partial charge on any atom is -0.497 e. The van der Waals surface area contributed by atoms with Crippen LogP contribution in [0.5, 0.6) is 11.5 Å². The second kappa shape index (κ2) is 20.2. The maximum absolute atomic E-state index is 10.8. The van der Waals surface area contributed by atoms with Crippen molar-refractivity contribution in [3.8, 4) is 11.5 Å². The Hall–Kier alpha value is -2.67. The van der Waals surface area contributed by atoms with Crippen LogP contribution in [0, 0.1) is 11.8 Å². The number of carbonyl (C=O) groups is 3. The summed E-state index contributed by atoms with van der Waals surface area (Å²) in [6.07, 6.45) is 10.8. The lowest BCUT2D eigenvalue weighted by atomic mass is 9.84. The SMILES string of the molecule is C=CC(=O)OCCCCCCOc1ccc(OC)cc1.CO.O=CC1CCC(C=O)CC1. The van der Waals surface area contributed by atoms with Gasteiger partial charge in [-0.2, -0.15) is 0 Å². The number of aliphatic hydroxyl groups is 1. The minimum atomic E-state index is -0.354. The normalized spacial score (nSPS) is 16.7. The number of unbranched alkanes of at least 4 members (excludes halogenated alkanes) is 3. The molecule has 0 spiro atoms. The molecule has 0 amide bonds. The van der Waals surface area contributed by atoms with Crippen molar-refractivity contribution in [2.45, 2.75) is 51.4 Å². The van der Waals surface area contributed by atoms with E-state index in [2.05, 4.69) is 6.58 Å². The van der Waals surface area contributed by atoms with Gasteiger partial charge >= 0.3 is 5.97 Å². The highest BCUT2D eigenvalue weighted by molar-refractivity contribution is 5.81. The van der Waals surface area contributed by atoms with Gasteiger partial charge in [0.05, 0.1) is 20.3 Å². The van der Waals surface area contributed by atoms with Crippen LogP contribution in [0.3, 0.4) is 0 Å². The molecule has 7 heteroatoms. The van der Waals surface area contributed by atoms with Gasteiger partial charge in [0.1, 0.15) is 24.1 Å². The Morgan fingerprint density at radius 2 is 1.38 bits per heavy atom. The monoisotopic (exact) mass is 450 g/mol. The molecule has 7 nitrogen and oxygen atoms in total. The van der Waals surface area contributed by atoms with Gasteiger partial charge in [-0.05, 0) is 75.6 Å². The molecule has 1 aromatic carbocycles. The van der Waals surface area contributed by atoms with Gasteiger partial charge in [-0.15, -0.1) is 0 Å². The molecule has 2 rings (SSSR count). The van der Waals surface area contributed by atoms with Crippen molar-refractivity contribution < 1.29 is 33.7 Å². The van der Waals surface area contributed by atoms with E-state index in [1.54, 1.807) is 7.11 Å². The van der Waals surface area contributed by atoms with E-state index in [4.69, 9.17) is 19.3 Å². The molecule has 180 valence electrons. The first-order valence-electron chi connectivity index (χ1n) is 11.0. The standard InChI is InChI=1S/C16H22O4.C8H12O2.CH4O/c1-3-16(17)20-13-7-5-4-6-12-19-15-10-8-14(18-2)9-11-15;9-5-7-1-2-8(6-10)4-3-7;1-2/h3,8-11H,1,4-7,12-13H2,2H3;5-8H,1-4H2;2H,1H3. The molecule has 32 heavy (non-hydrogen) atoms. The van der Waals surface area contributed by atoms with Gasteiger partial charge in [0.25, 0.3) is 0 Å². The number of hydrogen-bond donors (Lipinski definition) is 1. The van der Waals surface area contributed by atoms with E-state index in [-0.39, 0.29) is 17.8 Å². The van der Waals surface area contributed by atoms with Gasteiger partial charge in [-0.1, -0.05) is 6.58 Å². The average Bonchev–Trinajstić information content (AvgIpc) is 2.87. The van der Waals surface area contributed by atoms with E-state index in [0.717, 1.165) is 82.5 Å². The second-order valence-electron chi connectivity index (χ2n) is 7.26. The van der Waals surface area contributed by atoms with Gasteiger partial charge in [-0.3, -0.25) is 0 Å². The van der Waals surface area contributed by atoms with Crippen molar-refractivity contribution in [2.24, 2.45) is 11.8 Å². The van der Waals surface area contributed by atoms with E-state index in [9.17, 15) is 14.4 Å². The molecular weight excluding hydrogens is 412 g/mol. The lowest BCUT2D eigenvalue weighted by Gasteiger charge is -2.20. The molecule has 0 unspecified atom stereocenters. The van der Waals surface area contributed by atoms with Crippen molar-refractivity contribution in [1.82, 2.24) is 0 Å². The molecule has 1 aliphatic carbocycles. The van der Waals surface area contributed by atoms with Crippen LogP contribution in [-0.2, 0) is 19.1 Å². The minimum absolute atomic E-state index is 0.233. The summed E-state index contributed by atoms with van der Waals surface area (Å²) in [6.45, 7) is 4.50. The number of ether oxygens (including phenoxy) is 3. The molecule has 0 aliphatic heterocycles. The van der Waals surface area contributed by atoms with Crippen LogP contribution in [0.1, 0.15) is 51.4 Å². The molecular formula is C25H38O7. The second-order valence-corrected chi connectivity index (χ2v) is 7.26. The lowest BCUT2D eigenvalue weighted by Crippen LogP contribution is -2.15. The zero-order valence-corrected chi connectivity index (χ0v) is 19.4. The highest BCUT2D eigenvalue weighted by Crippen LogP contribution is 2.25. The van der Waals surface area contributed by atoms with Gasteiger partial charge in [-0.25, -0.2) is 4.79 Å². The van der Waals surface area contributed by atoms with Gasteiger partial charge in [0, 0.05) is 25.0 Å². The zero-order chi connectivity index (χ0) is 24.0. The first-order valence-corrected chi connectivity index (χ1v) is 11.0. The number of aldehydes is 2. The highest BCUT2D eigenvalue weighted by atomic mass is 16.5. The summed E-state index contributed by atoms with van der Waals surface area (Å²) >= 11 is 0. The van der Waals surface area contributed by atoms with E-state index >= 15 is 0 Å². The lowest BCUT2D eigenvalue weighted by molar-refractivity contribution is -0.137. The zero-order valence-electron chi connectivity index (χ0n) is 19.4. The number of hydrogen-bond acceptors (Lipinski definition) is 7. The summed E-state index contributed by atoms with van der Waals surface area (Å²) < 4.78 is 15.6. The van der Waals surface area contributed by atoms with Crippen molar-refractivity contribution >= 4 is 18.5 Å². The van der Waals surface area contributed by atoms with Crippen LogP contribution >= 0.6 is 0 Å². The van der Waals surface area contributed by atoms with Crippen LogP contribution in [0.25, 0.3) is 0 Å². The van der Waals surface area contributed by atoms with Crippen molar-refractivity contribution in [3.05, 3.63) is 36.9 Å². The summed E-state index contributed by atoms with van der Waals surface area (Å²) in [6, 6.07) is 7.55. The maximum atomic E-state index is 10.8. The molecule has 0 aromatic heterocycles. The van der Waals surface area contributed by atoms with Crippen molar-refractivity contribution in [1.29, 1.82) is 0 Å². The molecule has 0 saturated heterocycles. The predicted octanol–water partition coefficient (Wildman–Crippen LogP) is 4.16. The third-order valence-corrected chi connectivity index (χ3v) is 4.98. The fourth-order valence-corrected chi connectivity index (χ4v) is 3.07. The summed E-state index contributed by atoms with van der Waals surface area (Å²) in [5.41, 5.74) is 0. The quantitative estimate of drug-likeness (QED) is 0.221. The molecule has 0 bridgehead atoms. The number of benzene rings is 1. The van der Waals surface area contributed by atoms with E-state index in [0.29, 0.717) is 13.2 Å². The number of carbonyl (C=O) groups excluding carboxylic acids is 3. The first-order chi connectivity index (χ1) is 15.6. The topological polar surface area (TPSA) is 99.1 Å². The van der Waals surface area contributed by atoms with Crippen molar-refractivity contribution in [2.75, 3.05) is 27.4 Å². The summed E-state index contributed by atoms with van der Waals surface area (Å²) in [5.74, 6) is 1.79. The Labute approximate surface area is 191 Å². The highest BCUT2D eigenvalue weighted by Gasteiger charge is 2.19. The molecule has 0 radical (unpaired) electrons. The van der Waals surface area contributed by atoms with E-state index in [1.165, 1.54) is 6.08 Å². The molecule has 1 saturated carbocycles. The number of aliphatic hydroxyl groups excluding tert-OH is 1. The molecule has 1 fully saturated rings. The van der Waals surface area contributed by atoms with Crippen LogP contribution < -0.4 is 9.47 Å². The number of methoxy groups -OCH3 is 1. The number of esters is 1. The van der Waals surface area contributed by atoms with E-state index < -0.39 is 0 Å². The number of rotatable bonds is 12. The maximum Gasteiger partial charge on any atom is 0.330 e. The summed E-state index contributed by atoms with van der Waals surface area (Å²) in [7, 11) is 2.64. The van der Waals surface area contributed by atoms with Gasteiger partial charge in [0.2, 0.25) is 0 Å². The molecule has 1 aliphatic rings. The van der Waals surface area contributed by atoms with Crippen LogP contribution in [-0.4, -0.2) is 51.1 Å². The molecule has 0 heterocycles. The van der Waals surface area contributed by atoms with E-state index in [1.807, 2.05) is 24.3 Å². The fourth-order valence-electron chi connectivity index (χ4n) is 3.07. The largest absolute Gasteiger partial charge is 0.497 e.